The van der Waals surface area contributed by atoms with Gasteiger partial charge in [-0.3, -0.25) is 0 Å². The summed E-state index contributed by atoms with van der Waals surface area (Å²) in [5.74, 6) is 2.70. The van der Waals surface area contributed by atoms with Crippen molar-refractivity contribution in [3.05, 3.63) is 35.9 Å². The Labute approximate surface area is 124 Å². The topological polar surface area (TPSA) is 18.5 Å². The summed E-state index contributed by atoms with van der Waals surface area (Å²) in [6, 6.07) is 10.1. The van der Waals surface area contributed by atoms with E-state index < -0.39 is 8.32 Å². The van der Waals surface area contributed by atoms with Crippen LogP contribution in [-0.4, -0.2) is 21.0 Å². The first-order chi connectivity index (χ1) is 9.26. The molecule has 0 saturated heterocycles. The summed E-state index contributed by atoms with van der Waals surface area (Å²) in [5, 5.41) is 0.154. The van der Waals surface area contributed by atoms with Crippen LogP contribution in [0.25, 0.3) is 0 Å². The highest BCUT2D eigenvalue weighted by atomic mass is 28.4. The molecule has 1 atom stereocenters. The van der Waals surface area contributed by atoms with E-state index in [0.717, 1.165) is 5.56 Å². The number of terminal acetylenes is 1. The summed E-state index contributed by atoms with van der Waals surface area (Å²) in [7, 11) is -1.84. The Morgan fingerprint density at radius 2 is 1.80 bits per heavy atom. The SMILES string of the molecule is C#C[C@@H](COCc1ccccc1)O[Si](C)(C)C(C)(C)C. The molecule has 0 aliphatic carbocycles. The van der Waals surface area contributed by atoms with E-state index in [1.807, 2.05) is 30.3 Å². The molecule has 0 aromatic heterocycles. The van der Waals surface area contributed by atoms with Gasteiger partial charge in [0.05, 0.1) is 13.2 Å². The van der Waals surface area contributed by atoms with Crippen LogP contribution in [0, 0.1) is 12.3 Å². The molecule has 1 rings (SSSR count). The lowest BCUT2D eigenvalue weighted by Crippen LogP contribution is -2.44. The van der Waals surface area contributed by atoms with E-state index in [0.29, 0.717) is 13.2 Å². The van der Waals surface area contributed by atoms with Crippen molar-refractivity contribution in [1.29, 1.82) is 0 Å². The predicted molar refractivity (Wildman–Crippen MR) is 87.0 cm³/mol. The van der Waals surface area contributed by atoms with Crippen molar-refractivity contribution < 1.29 is 9.16 Å². The van der Waals surface area contributed by atoms with E-state index in [1.54, 1.807) is 0 Å². The van der Waals surface area contributed by atoms with Crippen LogP contribution in [0.5, 0.6) is 0 Å². The van der Waals surface area contributed by atoms with E-state index in [1.165, 1.54) is 0 Å². The Hall–Kier alpha value is -1.08. The van der Waals surface area contributed by atoms with Crippen LogP contribution >= 0.6 is 0 Å². The summed E-state index contributed by atoms with van der Waals surface area (Å²) >= 11 is 0. The van der Waals surface area contributed by atoms with Crippen molar-refractivity contribution in [2.75, 3.05) is 6.61 Å². The van der Waals surface area contributed by atoms with Gasteiger partial charge in [0.1, 0.15) is 6.10 Å². The minimum absolute atomic E-state index is 0.154. The zero-order valence-corrected chi connectivity index (χ0v) is 14.3. The van der Waals surface area contributed by atoms with Crippen molar-refractivity contribution in [2.45, 2.75) is 51.6 Å². The Kier molecular flexibility index (Phi) is 6.00. The highest BCUT2D eigenvalue weighted by Gasteiger charge is 2.38. The first-order valence-corrected chi connectivity index (χ1v) is 9.93. The average Bonchev–Trinajstić information content (AvgIpc) is 2.37. The molecule has 0 saturated carbocycles. The van der Waals surface area contributed by atoms with Crippen molar-refractivity contribution in [3.8, 4) is 12.3 Å². The molecule has 0 spiro atoms. The number of rotatable bonds is 6. The van der Waals surface area contributed by atoms with Crippen LogP contribution < -0.4 is 0 Å². The smallest absolute Gasteiger partial charge is 0.193 e. The fourth-order valence-electron chi connectivity index (χ4n) is 1.51. The average molecular weight is 290 g/mol. The monoisotopic (exact) mass is 290 g/mol. The molecule has 0 bridgehead atoms. The molecular formula is C17H26O2Si. The van der Waals surface area contributed by atoms with Crippen molar-refractivity contribution in [2.24, 2.45) is 0 Å². The van der Waals surface area contributed by atoms with Gasteiger partial charge < -0.3 is 9.16 Å². The number of ether oxygens (including phenoxy) is 1. The second kappa shape index (κ2) is 7.08. The van der Waals surface area contributed by atoms with Crippen LogP contribution in [0.2, 0.25) is 18.1 Å². The Bertz CT molecular complexity index is 440. The largest absolute Gasteiger partial charge is 0.401 e. The van der Waals surface area contributed by atoms with Crippen LogP contribution in [0.4, 0.5) is 0 Å². The van der Waals surface area contributed by atoms with Crippen LogP contribution in [0.15, 0.2) is 30.3 Å². The maximum atomic E-state index is 6.17. The van der Waals surface area contributed by atoms with Crippen LogP contribution in [0.3, 0.4) is 0 Å². The zero-order valence-electron chi connectivity index (χ0n) is 13.3. The fraction of sp³-hybridized carbons (Fsp3) is 0.529. The molecule has 3 heteroatoms. The van der Waals surface area contributed by atoms with Gasteiger partial charge in [-0.2, -0.15) is 0 Å². The Balaban J connectivity index is 2.47. The van der Waals surface area contributed by atoms with Crippen LogP contribution in [-0.2, 0) is 15.8 Å². The third kappa shape index (κ3) is 5.13. The first-order valence-electron chi connectivity index (χ1n) is 7.02. The van der Waals surface area contributed by atoms with Gasteiger partial charge in [0.25, 0.3) is 0 Å². The lowest BCUT2D eigenvalue weighted by molar-refractivity contribution is 0.0589. The second-order valence-corrected chi connectivity index (χ2v) is 11.3. The van der Waals surface area contributed by atoms with Gasteiger partial charge in [0.15, 0.2) is 8.32 Å². The summed E-state index contributed by atoms with van der Waals surface area (Å²) in [6.45, 7) is 12.0. The molecule has 0 fully saturated rings. The molecule has 0 aliphatic rings. The Morgan fingerprint density at radius 3 is 2.30 bits per heavy atom. The molecule has 1 aromatic carbocycles. The normalized spacial score (nSPS) is 13.8. The van der Waals surface area contributed by atoms with Gasteiger partial charge >= 0.3 is 0 Å². The standard InChI is InChI=1S/C17H26O2Si/c1-7-16(19-20(5,6)17(2,3)4)14-18-13-15-11-9-8-10-12-15/h1,8-12,16H,13-14H2,2-6H3/t16-/m0/s1. The molecule has 110 valence electrons. The van der Waals surface area contributed by atoms with E-state index in [4.69, 9.17) is 15.6 Å². The van der Waals surface area contributed by atoms with Crippen molar-refractivity contribution in [3.63, 3.8) is 0 Å². The molecule has 0 amide bonds. The maximum absolute atomic E-state index is 6.17. The van der Waals surface area contributed by atoms with Gasteiger partial charge in [-0.05, 0) is 23.7 Å². The number of benzene rings is 1. The maximum Gasteiger partial charge on any atom is 0.193 e. The first kappa shape index (κ1) is 17.0. The summed E-state index contributed by atoms with van der Waals surface area (Å²) in [6.07, 6.45) is 5.31. The minimum Gasteiger partial charge on any atom is -0.401 e. The van der Waals surface area contributed by atoms with Crippen molar-refractivity contribution in [1.82, 2.24) is 0 Å². The number of hydrogen-bond donors (Lipinski definition) is 0. The quantitative estimate of drug-likeness (QED) is 0.576. The van der Waals surface area contributed by atoms with Gasteiger partial charge in [0, 0.05) is 0 Å². The fourth-order valence-corrected chi connectivity index (χ4v) is 2.71. The summed E-state index contributed by atoms with van der Waals surface area (Å²) in [4.78, 5) is 0. The van der Waals surface area contributed by atoms with E-state index in [-0.39, 0.29) is 11.1 Å². The van der Waals surface area contributed by atoms with E-state index >= 15 is 0 Å². The van der Waals surface area contributed by atoms with Gasteiger partial charge in [0.2, 0.25) is 0 Å². The summed E-state index contributed by atoms with van der Waals surface area (Å²) < 4.78 is 11.9. The zero-order chi connectivity index (χ0) is 15.2. The predicted octanol–water partition coefficient (Wildman–Crippen LogP) is 4.23. The van der Waals surface area contributed by atoms with Gasteiger partial charge in [-0.15, -0.1) is 6.42 Å². The highest BCUT2D eigenvalue weighted by Crippen LogP contribution is 2.37. The molecule has 2 nitrogen and oxygen atoms in total. The molecule has 0 aliphatic heterocycles. The number of hydrogen-bond acceptors (Lipinski definition) is 2. The van der Waals surface area contributed by atoms with Crippen molar-refractivity contribution >= 4 is 8.32 Å². The molecule has 0 radical (unpaired) electrons. The third-order valence-electron chi connectivity index (χ3n) is 3.81. The highest BCUT2D eigenvalue weighted by molar-refractivity contribution is 6.74. The Morgan fingerprint density at radius 1 is 1.20 bits per heavy atom. The van der Waals surface area contributed by atoms with E-state index in [9.17, 15) is 0 Å². The minimum atomic E-state index is -1.84. The lowest BCUT2D eigenvalue weighted by atomic mass is 10.2. The van der Waals surface area contributed by atoms with Gasteiger partial charge in [-0.25, -0.2) is 0 Å². The van der Waals surface area contributed by atoms with Gasteiger partial charge in [-0.1, -0.05) is 57.0 Å². The molecular weight excluding hydrogens is 264 g/mol. The van der Waals surface area contributed by atoms with E-state index in [2.05, 4.69) is 39.8 Å². The summed E-state index contributed by atoms with van der Waals surface area (Å²) in [5.41, 5.74) is 1.15. The molecule has 0 unspecified atom stereocenters. The second-order valence-electron chi connectivity index (χ2n) is 6.53. The third-order valence-corrected chi connectivity index (χ3v) is 8.30. The molecule has 0 heterocycles. The molecule has 0 N–H and O–H groups in total. The molecule has 20 heavy (non-hydrogen) atoms. The lowest BCUT2D eigenvalue weighted by Gasteiger charge is -2.37. The van der Waals surface area contributed by atoms with Crippen LogP contribution in [0.1, 0.15) is 26.3 Å². The molecule has 1 aromatic rings.